The number of hydrogen-bond acceptors (Lipinski definition) is 6. The minimum Gasteiger partial charge on any atom is -0.490 e. The summed E-state index contributed by atoms with van der Waals surface area (Å²) < 4.78 is 50.6. The molecule has 2 atom stereocenters. The van der Waals surface area contributed by atoms with Crippen molar-refractivity contribution in [3.63, 3.8) is 0 Å². The van der Waals surface area contributed by atoms with Crippen LogP contribution in [0.15, 0.2) is 60.7 Å². The molecule has 1 unspecified atom stereocenters. The zero-order chi connectivity index (χ0) is 29.1. The van der Waals surface area contributed by atoms with E-state index in [0.29, 0.717) is 50.8 Å². The van der Waals surface area contributed by atoms with Crippen LogP contribution in [0.4, 0.5) is 14.5 Å². The zero-order valence-electron chi connectivity index (χ0n) is 24.5. The molecule has 0 radical (unpaired) electrons. The first-order valence-electron chi connectivity index (χ1n) is 15.0. The Bertz CT molecular complexity index is 1270. The van der Waals surface area contributed by atoms with Crippen LogP contribution in [0.25, 0.3) is 0 Å². The van der Waals surface area contributed by atoms with Crippen LogP contribution in [0.2, 0.25) is 0 Å². The van der Waals surface area contributed by atoms with Gasteiger partial charge in [0.15, 0.2) is 0 Å². The van der Waals surface area contributed by atoms with Gasteiger partial charge in [-0.3, -0.25) is 0 Å². The molecule has 1 N–H and O–H groups in total. The number of aryl methyl sites for hydroxylation is 1. The molecule has 0 bridgehead atoms. The predicted molar refractivity (Wildman–Crippen MR) is 160 cm³/mol. The Morgan fingerprint density at radius 2 is 1.81 bits per heavy atom. The number of rotatable bonds is 14. The average molecular weight is 581 g/mol. The third kappa shape index (κ3) is 8.28. The van der Waals surface area contributed by atoms with E-state index < -0.39 is 5.82 Å². The van der Waals surface area contributed by atoms with Crippen LogP contribution in [0.3, 0.4) is 0 Å². The molecule has 8 heteroatoms. The highest BCUT2D eigenvalue weighted by molar-refractivity contribution is 5.61. The van der Waals surface area contributed by atoms with Gasteiger partial charge in [-0.2, -0.15) is 0 Å². The largest absolute Gasteiger partial charge is 0.490 e. The van der Waals surface area contributed by atoms with Crippen LogP contribution in [-0.4, -0.2) is 59.2 Å². The van der Waals surface area contributed by atoms with Gasteiger partial charge in [0, 0.05) is 39.3 Å². The SMILES string of the molecule is COCCCN1CCOc2ccc(CO[C@H]3CNCCC3c3ccc(COCCCc4cc(F)ccc4F)cc3)cc21. The molecule has 3 aromatic rings. The smallest absolute Gasteiger partial charge is 0.142 e. The zero-order valence-corrected chi connectivity index (χ0v) is 24.5. The summed E-state index contributed by atoms with van der Waals surface area (Å²) >= 11 is 0. The van der Waals surface area contributed by atoms with E-state index in [9.17, 15) is 8.78 Å². The van der Waals surface area contributed by atoms with Gasteiger partial charge >= 0.3 is 0 Å². The van der Waals surface area contributed by atoms with Gasteiger partial charge in [0.1, 0.15) is 24.0 Å². The van der Waals surface area contributed by atoms with Crippen molar-refractivity contribution in [2.45, 2.75) is 50.9 Å². The molecule has 6 nitrogen and oxygen atoms in total. The van der Waals surface area contributed by atoms with Gasteiger partial charge in [-0.25, -0.2) is 8.78 Å². The molecule has 0 aromatic heterocycles. The minimum absolute atomic E-state index is 0.0779. The molecular formula is C34H42F2N2O4. The Morgan fingerprint density at radius 3 is 2.67 bits per heavy atom. The number of methoxy groups -OCH3 is 1. The number of anilines is 1. The van der Waals surface area contributed by atoms with Crippen molar-refractivity contribution in [1.29, 1.82) is 0 Å². The first-order chi connectivity index (χ1) is 20.6. The molecule has 2 aliphatic rings. The predicted octanol–water partition coefficient (Wildman–Crippen LogP) is 6.01. The number of fused-ring (bicyclic) bond motifs is 1. The monoisotopic (exact) mass is 580 g/mol. The fraction of sp³-hybridized carbons (Fsp3) is 0.471. The number of benzene rings is 3. The molecular weight excluding hydrogens is 538 g/mol. The molecule has 0 saturated carbocycles. The quantitative estimate of drug-likeness (QED) is 0.236. The Labute approximate surface area is 247 Å². The summed E-state index contributed by atoms with van der Waals surface area (Å²) in [6, 6.07) is 18.5. The van der Waals surface area contributed by atoms with E-state index in [1.807, 2.05) is 0 Å². The summed E-state index contributed by atoms with van der Waals surface area (Å²) in [6.45, 7) is 6.59. The molecule has 42 heavy (non-hydrogen) atoms. The van der Waals surface area contributed by atoms with Gasteiger partial charge in [-0.15, -0.1) is 0 Å². The Hall–Kier alpha value is -3.04. The van der Waals surface area contributed by atoms with Gasteiger partial charge in [-0.1, -0.05) is 30.3 Å². The summed E-state index contributed by atoms with van der Waals surface area (Å²) in [5.41, 5.74) is 5.04. The Morgan fingerprint density at radius 1 is 0.952 bits per heavy atom. The molecule has 2 heterocycles. The summed E-state index contributed by atoms with van der Waals surface area (Å²) in [7, 11) is 1.74. The fourth-order valence-electron chi connectivity index (χ4n) is 5.78. The standard InChI is InChI=1S/C34H42F2N2O4/c1-39-17-3-15-38-16-19-41-33-12-7-26(20-32(33)38)24-42-34-22-37-14-13-30(34)27-8-5-25(6-9-27)23-40-18-2-4-28-21-29(35)10-11-31(28)36/h5-12,20-21,30,34,37H,2-4,13-19,22-24H2,1H3/t30?,34-/m0/s1. The molecule has 0 amide bonds. The topological polar surface area (TPSA) is 52.2 Å². The van der Waals surface area contributed by atoms with Crippen molar-refractivity contribution in [2.24, 2.45) is 0 Å². The highest BCUT2D eigenvalue weighted by atomic mass is 19.1. The molecule has 226 valence electrons. The van der Waals surface area contributed by atoms with E-state index in [1.54, 1.807) is 7.11 Å². The van der Waals surface area contributed by atoms with Crippen LogP contribution >= 0.6 is 0 Å². The lowest BCUT2D eigenvalue weighted by molar-refractivity contribution is 0.0106. The molecule has 2 aliphatic heterocycles. The summed E-state index contributed by atoms with van der Waals surface area (Å²) in [6.07, 6.45) is 3.16. The van der Waals surface area contributed by atoms with Crippen LogP contribution in [-0.2, 0) is 33.8 Å². The third-order valence-electron chi connectivity index (χ3n) is 8.07. The number of halogens is 2. The maximum absolute atomic E-state index is 13.8. The lowest BCUT2D eigenvalue weighted by atomic mass is 9.87. The molecule has 1 saturated heterocycles. The molecule has 0 spiro atoms. The third-order valence-corrected chi connectivity index (χ3v) is 8.07. The van der Waals surface area contributed by atoms with E-state index in [-0.39, 0.29) is 11.9 Å². The van der Waals surface area contributed by atoms with E-state index in [1.165, 1.54) is 17.7 Å². The van der Waals surface area contributed by atoms with E-state index in [4.69, 9.17) is 18.9 Å². The second kappa shape index (κ2) is 15.4. The van der Waals surface area contributed by atoms with Crippen molar-refractivity contribution in [1.82, 2.24) is 5.32 Å². The molecule has 0 aliphatic carbocycles. The normalized spacial score (nSPS) is 18.5. The first-order valence-corrected chi connectivity index (χ1v) is 15.0. The summed E-state index contributed by atoms with van der Waals surface area (Å²) in [5, 5.41) is 3.50. The number of hydrogen-bond donors (Lipinski definition) is 1. The Kier molecular flexibility index (Phi) is 11.2. The van der Waals surface area contributed by atoms with Crippen molar-refractivity contribution >= 4 is 5.69 Å². The van der Waals surface area contributed by atoms with E-state index in [2.05, 4.69) is 52.7 Å². The average Bonchev–Trinajstić information content (AvgIpc) is 3.02. The second-order valence-corrected chi connectivity index (χ2v) is 11.1. The van der Waals surface area contributed by atoms with Crippen molar-refractivity contribution < 1.29 is 27.7 Å². The Balaban J connectivity index is 1.11. The molecule has 1 fully saturated rings. The molecule has 5 rings (SSSR count). The summed E-state index contributed by atoms with van der Waals surface area (Å²) in [5.74, 6) is 0.464. The number of piperidine rings is 1. The number of nitrogens with one attached hydrogen (secondary N) is 1. The van der Waals surface area contributed by atoms with Crippen LogP contribution < -0.4 is 15.0 Å². The van der Waals surface area contributed by atoms with Gasteiger partial charge in [0.25, 0.3) is 0 Å². The van der Waals surface area contributed by atoms with Crippen LogP contribution in [0.5, 0.6) is 5.75 Å². The maximum atomic E-state index is 13.8. The van der Waals surface area contributed by atoms with Crippen LogP contribution in [0.1, 0.15) is 47.4 Å². The lowest BCUT2D eigenvalue weighted by Crippen LogP contribution is -2.41. The van der Waals surface area contributed by atoms with Gasteiger partial charge < -0.3 is 29.2 Å². The minimum atomic E-state index is -0.414. The van der Waals surface area contributed by atoms with Crippen molar-refractivity contribution in [3.8, 4) is 5.75 Å². The van der Waals surface area contributed by atoms with Gasteiger partial charge in [0.2, 0.25) is 0 Å². The highest BCUT2D eigenvalue weighted by Crippen LogP contribution is 2.34. The number of nitrogens with zero attached hydrogens (tertiary/aromatic N) is 1. The maximum Gasteiger partial charge on any atom is 0.142 e. The first kappa shape index (κ1) is 30.4. The summed E-state index contributed by atoms with van der Waals surface area (Å²) in [4.78, 5) is 2.38. The van der Waals surface area contributed by atoms with Gasteiger partial charge in [0.05, 0.1) is 31.5 Å². The van der Waals surface area contributed by atoms with Crippen LogP contribution in [0, 0.1) is 11.6 Å². The fourth-order valence-corrected chi connectivity index (χ4v) is 5.78. The second-order valence-electron chi connectivity index (χ2n) is 11.1. The van der Waals surface area contributed by atoms with Gasteiger partial charge in [-0.05, 0) is 84.8 Å². The lowest BCUT2D eigenvalue weighted by Gasteiger charge is -2.33. The van der Waals surface area contributed by atoms with Crippen molar-refractivity contribution in [2.75, 3.05) is 58.0 Å². The van der Waals surface area contributed by atoms with E-state index >= 15 is 0 Å². The molecule has 3 aromatic carbocycles. The highest BCUT2D eigenvalue weighted by Gasteiger charge is 2.27. The number of ether oxygens (including phenoxy) is 4. The van der Waals surface area contributed by atoms with Crippen molar-refractivity contribution in [3.05, 3.63) is 94.6 Å². The van der Waals surface area contributed by atoms with E-state index in [0.717, 1.165) is 74.3 Å².